The summed E-state index contributed by atoms with van der Waals surface area (Å²) < 4.78 is 13.3. The molecule has 0 amide bonds. The first-order valence-corrected chi connectivity index (χ1v) is 3.65. The van der Waals surface area contributed by atoms with Crippen molar-refractivity contribution >= 4 is 5.78 Å². The highest BCUT2D eigenvalue weighted by Crippen LogP contribution is 2.23. The predicted molar refractivity (Wildman–Crippen MR) is 39.6 cm³/mol. The van der Waals surface area contributed by atoms with Gasteiger partial charge in [-0.2, -0.15) is 0 Å². The van der Waals surface area contributed by atoms with Crippen LogP contribution in [0.5, 0.6) is 0 Å². The van der Waals surface area contributed by atoms with E-state index in [2.05, 4.69) is 0 Å². The number of carbonyl (C=O) groups is 1. The SMILES string of the molecule is CCC(=O)C(C)(F)C(C)C. The Hall–Kier alpha value is -0.400. The third-order valence-electron chi connectivity index (χ3n) is 1.95. The second-order valence-electron chi connectivity index (χ2n) is 3.01. The lowest BCUT2D eigenvalue weighted by molar-refractivity contribution is -0.131. The summed E-state index contributed by atoms with van der Waals surface area (Å²) in [5, 5.41) is 0. The molecule has 0 heterocycles. The molecule has 0 N–H and O–H groups in total. The van der Waals surface area contributed by atoms with Crippen LogP contribution in [0.25, 0.3) is 0 Å². The molecule has 1 unspecified atom stereocenters. The summed E-state index contributed by atoms with van der Waals surface area (Å²) >= 11 is 0. The maximum Gasteiger partial charge on any atom is 0.169 e. The summed E-state index contributed by atoms with van der Waals surface area (Å²) in [5.41, 5.74) is -1.63. The summed E-state index contributed by atoms with van der Waals surface area (Å²) in [4.78, 5) is 10.9. The van der Waals surface area contributed by atoms with Crippen LogP contribution in [0.4, 0.5) is 4.39 Å². The molecule has 2 heteroatoms. The van der Waals surface area contributed by atoms with Crippen LogP contribution in [0.3, 0.4) is 0 Å². The van der Waals surface area contributed by atoms with Crippen molar-refractivity contribution in [2.75, 3.05) is 0 Å². The van der Waals surface area contributed by atoms with Crippen molar-refractivity contribution in [1.29, 1.82) is 0 Å². The topological polar surface area (TPSA) is 17.1 Å². The Kier molecular flexibility index (Phi) is 3.00. The van der Waals surface area contributed by atoms with Crippen LogP contribution in [0.15, 0.2) is 0 Å². The number of ketones is 1. The van der Waals surface area contributed by atoms with Crippen molar-refractivity contribution in [2.45, 2.75) is 39.8 Å². The van der Waals surface area contributed by atoms with E-state index in [0.717, 1.165) is 0 Å². The fourth-order valence-electron chi connectivity index (χ4n) is 0.668. The molecule has 0 bridgehead atoms. The van der Waals surface area contributed by atoms with Crippen molar-refractivity contribution in [3.63, 3.8) is 0 Å². The molecule has 0 radical (unpaired) electrons. The normalized spacial score (nSPS) is 17.0. The van der Waals surface area contributed by atoms with Crippen LogP contribution in [0, 0.1) is 5.92 Å². The molecule has 0 fully saturated rings. The third kappa shape index (κ3) is 1.79. The van der Waals surface area contributed by atoms with Gasteiger partial charge in [0.05, 0.1) is 0 Å². The van der Waals surface area contributed by atoms with Gasteiger partial charge in [0.25, 0.3) is 0 Å². The number of rotatable bonds is 3. The predicted octanol–water partition coefficient (Wildman–Crippen LogP) is 2.35. The van der Waals surface area contributed by atoms with E-state index in [4.69, 9.17) is 0 Å². The fraction of sp³-hybridized carbons (Fsp3) is 0.875. The first-order valence-electron chi connectivity index (χ1n) is 3.65. The molecule has 1 nitrogen and oxygen atoms in total. The van der Waals surface area contributed by atoms with E-state index < -0.39 is 5.67 Å². The van der Waals surface area contributed by atoms with E-state index in [1.807, 2.05) is 0 Å². The summed E-state index contributed by atoms with van der Waals surface area (Å²) in [5.74, 6) is -0.526. The monoisotopic (exact) mass is 146 g/mol. The second-order valence-corrected chi connectivity index (χ2v) is 3.01. The van der Waals surface area contributed by atoms with Gasteiger partial charge >= 0.3 is 0 Å². The van der Waals surface area contributed by atoms with Crippen molar-refractivity contribution in [3.8, 4) is 0 Å². The lowest BCUT2D eigenvalue weighted by atomic mass is 9.89. The first-order chi connectivity index (χ1) is 4.42. The molecule has 0 aliphatic heterocycles. The van der Waals surface area contributed by atoms with Crippen LogP contribution in [-0.2, 0) is 4.79 Å². The van der Waals surface area contributed by atoms with Crippen LogP contribution < -0.4 is 0 Å². The maximum atomic E-state index is 13.3. The van der Waals surface area contributed by atoms with Gasteiger partial charge in [0.15, 0.2) is 11.5 Å². The molecule has 0 aliphatic carbocycles. The average molecular weight is 146 g/mol. The van der Waals surface area contributed by atoms with Crippen molar-refractivity contribution in [1.82, 2.24) is 0 Å². The molecular weight excluding hydrogens is 131 g/mol. The molecule has 0 aliphatic rings. The summed E-state index contributed by atoms with van der Waals surface area (Å²) in [6, 6.07) is 0. The minimum absolute atomic E-state index is 0.222. The van der Waals surface area contributed by atoms with Gasteiger partial charge in [-0.05, 0) is 12.8 Å². The smallest absolute Gasteiger partial charge is 0.169 e. The molecule has 1 atom stereocenters. The third-order valence-corrected chi connectivity index (χ3v) is 1.95. The summed E-state index contributed by atoms with van der Waals surface area (Å²) in [7, 11) is 0. The van der Waals surface area contributed by atoms with Gasteiger partial charge in [0, 0.05) is 6.42 Å². The lowest BCUT2D eigenvalue weighted by Gasteiger charge is -2.21. The zero-order valence-corrected chi connectivity index (χ0v) is 7.07. The summed E-state index contributed by atoms with van der Waals surface area (Å²) in [6.07, 6.45) is 0.283. The molecule has 0 aromatic rings. The maximum absolute atomic E-state index is 13.3. The molecule has 0 saturated carbocycles. The molecule has 0 aromatic heterocycles. The molecule has 0 aromatic carbocycles. The van der Waals surface area contributed by atoms with Gasteiger partial charge in [0.2, 0.25) is 0 Å². The molecule has 60 valence electrons. The Balaban J connectivity index is 4.24. The van der Waals surface area contributed by atoms with Crippen molar-refractivity contribution in [3.05, 3.63) is 0 Å². The van der Waals surface area contributed by atoms with Crippen LogP contribution in [0.1, 0.15) is 34.1 Å². The highest BCUT2D eigenvalue weighted by molar-refractivity contribution is 5.86. The van der Waals surface area contributed by atoms with Crippen LogP contribution in [-0.4, -0.2) is 11.5 Å². The van der Waals surface area contributed by atoms with Gasteiger partial charge in [-0.15, -0.1) is 0 Å². The zero-order chi connectivity index (χ0) is 8.36. The Bertz CT molecular complexity index is 127. The van der Waals surface area contributed by atoms with Gasteiger partial charge < -0.3 is 0 Å². The van der Waals surface area contributed by atoms with E-state index in [-0.39, 0.29) is 18.1 Å². The van der Waals surface area contributed by atoms with E-state index in [9.17, 15) is 9.18 Å². The average Bonchev–Trinajstić information content (AvgIpc) is 1.86. The van der Waals surface area contributed by atoms with E-state index in [1.54, 1.807) is 20.8 Å². The van der Waals surface area contributed by atoms with Gasteiger partial charge in [-0.3, -0.25) is 4.79 Å². The van der Waals surface area contributed by atoms with Crippen molar-refractivity contribution < 1.29 is 9.18 Å². The highest BCUT2D eigenvalue weighted by atomic mass is 19.1. The molecule has 10 heavy (non-hydrogen) atoms. The lowest BCUT2D eigenvalue weighted by Crippen LogP contribution is -2.35. The quantitative estimate of drug-likeness (QED) is 0.597. The Morgan fingerprint density at radius 1 is 1.60 bits per heavy atom. The Morgan fingerprint density at radius 3 is 2.10 bits per heavy atom. The second kappa shape index (κ2) is 3.13. The molecule has 0 spiro atoms. The standard InChI is InChI=1S/C8H15FO/c1-5-7(10)8(4,9)6(2)3/h6H,5H2,1-4H3. The largest absolute Gasteiger partial charge is 0.296 e. The van der Waals surface area contributed by atoms with Crippen molar-refractivity contribution in [2.24, 2.45) is 5.92 Å². The molecular formula is C8H15FO. The first kappa shape index (κ1) is 9.60. The molecule has 0 rings (SSSR count). The highest BCUT2D eigenvalue weighted by Gasteiger charge is 2.34. The number of hydrogen-bond donors (Lipinski definition) is 0. The zero-order valence-electron chi connectivity index (χ0n) is 7.07. The van der Waals surface area contributed by atoms with Gasteiger partial charge in [0.1, 0.15) is 0 Å². The van der Waals surface area contributed by atoms with Gasteiger partial charge in [-0.25, -0.2) is 4.39 Å². The van der Waals surface area contributed by atoms with E-state index in [0.29, 0.717) is 0 Å². The fourth-order valence-corrected chi connectivity index (χ4v) is 0.668. The number of Topliss-reactive ketones (excluding diaryl/α,β-unsaturated/α-hetero) is 1. The summed E-state index contributed by atoms with van der Waals surface area (Å²) in [6.45, 7) is 6.47. The number of halogens is 1. The number of carbonyl (C=O) groups excluding carboxylic acids is 1. The van der Waals surface area contributed by atoms with E-state index in [1.165, 1.54) is 6.92 Å². The molecule has 0 saturated heterocycles. The van der Waals surface area contributed by atoms with Gasteiger partial charge in [-0.1, -0.05) is 20.8 Å². The number of hydrogen-bond acceptors (Lipinski definition) is 1. The minimum atomic E-state index is -1.63. The van der Waals surface area contributed by atoms with E-state index >= 15 is 0 Å². The Labute approximate surface area is 61.6 Å². The minimum Gasteiger partial charge on any atom is -0.296 e. The number of alkyl halides is 1. The van der Waals surface area contributed by atoms with Crippen LogP contribution in [0.2, 0.25) is 0 Å². The van der Waals surface area contributed by atoms with Crippen LogP contribution >= 0.6 is 0 Å². The Morgan fingerprint density at radius 2 is 2.00 bits per heavy atom.